The maximum absolute atomic E-state index is 16.0. The Morgan fingerprint density at radius 2 is 1.89 bits per heavy atom. The Bertz CT molecular complexity index is 1230. The van der Waals surface area contributed by atoms with Gasteiger partial charge in [0.05, 0.1) is 30.9 Å². The van der Waals surface area contributed by atoms with Crippen LogP contribution in [0.25, 0.3) is 0 Å². The predicted octanol–water partition coefficient (Wildman–Crippen LogP) is 4.33. The van der Waals surface area contributed by atoms with E-state index < -0.39 is 31.6 Å². The van der Waals surface area contributed by atoms with Crippen LogP contribution >= 0.6 is 0 Å². The van der Waals surface area contributed by atoms with Crippen molar-refractivity contribution in [2.24, 2.45) is 5.92 Å². The summed E-state index contributed by atoms with van der Waals surface area (Å²) in [7, 11) is -3.37. The Morgan fingerprint density at radius 1 is 1.22 bits per heavy atom. The number of benzene rings is 2. The van der Waals surface area contributed by atoms with Crippen LogP contribution < -0.4 is 4.90 Å². The Kier molecular flexibility index (Phi) is 6.62. The van der Waals surface area contributed by atoms with Crippen LogP contribution in [0.2, 0.25) is 18.6 Å². The van der Waals surface area contributed by atoms with Crippen LogP contribution in [0.1, 0.15) is 30.0 Å². The highest BCUT2D eigenvalue weighted by atomic mass is 28.4. The molecule has 2 aromatic rings. The molecule has 1 saturated heterocycles. The molecular weight excluding hydrogens is 487 g/mol. The fraction of sp³-hybridized carbons (Fsp3) is 0.448. The molecule has 0 unspecified atom stereocenters. The second-order valence-electron chi connectivity index (χ2n) is 11.0. The number of hydrogen-bond acceptors (Lipinski definition) is 4. The van der Waals surface area contributed by atoms with Crippen LogP contribution in [0.4, 0.5) is 9.80 Å². The third-order valence-corrected chi connectivity index (χ3v) is 10.9. The molecule has 0 saturated carbocycles. The van der Waals surface area contributed by atoms with Gasteiger partial charge < -0.3 is 23.8 Å². The van der Waals surface area contributed by atoms with E-state index in [2.05, 4.69) is 6.58 Å². The predicted molar refractivity (Wildman–Crippen MR) is 143 cm³/mol. The molecule has 0 aromatic heterocycles. The SMILES string of the molecule is C=CCN1C(=O)[C@]2(O[C@H](CC(=O)N3Cc4ccccc4C[C@H]3CO)[C@@H]([Si](C)(C)F)[C@@H]2C)c2ccccc21. The average molecular weight is 523 g/mol. The summed E-state index contributed by atoms with van der Waals surface area (Å²) >= 11 is 0. The van der Waals surface area contributed by atoms with Gasteiger partial charge in [-0.15, -0.1) is 6.58 Å². The molecule has 1 fully saturated rings. The van der Waals surface area contributed by atoms with Gasteiger partial charge in [0, 0.05) is 30.1 Å². The smallest absolute Gasteiger partial charge is 0.264 e. The van der Waals surface area contributed by atoms with Gasteiger partial charge in [-0.25, -0.2) is 0 Å². The summed E-state index contributed by atoms with van der Waals surface area (Å²) in [5.41, 5.74) is 1.76. The number of fused-ring (bicyclic) bond motifs is 3. The molecule has 0 radical (unpaired) electrons. The van der Waals surface area contributed by atoms with E-state index in [-0.39, 0.29) is 30.9 Å². The number of nitrogens with zero attached hydrogens (tertiary/aromatic N) is 2. The minimum absolute atomic E-state index is 0.0350. The molecule has 1 N–H and O–H groups in total. The highest BCUT2D eigenvalue weighted by Gasteiger charge is 2.66. The lowest BCUT2D eigenvalue weighted by atomic mass is 9.82. The lowest BCUT2D eigenvalue weighted by Crippen LogP contribution is -2.48. The zero-order valence-corrected chi connectivity index (χ0v) is 22.7. The molecule has 2 aromatic carbocycles. The quantitative estimate of drug-likeness (QED) is 0.348. The van der Waals surface area contributed by atoms with E-state index in [9.17, 15) is 14.7 Å². The van der Waals surface area contributed by atoms with Gasteiger partial charge in [-0.05, 0) is 36.7 Å². The van der Waals surface area contributed by atoms with E-state index in [0.717, 1.165) is 22.4 Å². The van der Waals surface area contributed by atoms with Crippen molar-refractivity contribution in [3.05, 3.63) is 77.9 Å². The van der Waals surface area contributed by atoms with Crippen molar-refractivity contribution >= 4 is 25.9 Å². The minimum atomic E-state index is -3.37. The van der Waals surface area contributed by atoms with E-state index >= 15 is 4.11 Å². The van der Waals surface area contributed by atoms with E-state index in [1.165, 1.54) is 0 Å². The zero-order chi connectivity index (χ0) is 26.5. The number of aliphatic hydroxyl groups excluding tert-OH is 1. The minimum Gasteiger partial charge on any atom is -0.394 e. The normalized spacial score (nSPS) is 28.9. The summed E-state index contributed by atoms with van der Waals surface area (Å²) in [6.45, 7) is 9.52. The molecule has 3 heterocycles. The van der Waals surface area contributed by atoms with Gasteiger partial charge in [0.25, 0.3) is 5.91 Å². The average Bonchev–Trinajstić information content (AvgIpc) is 3.30. The topological polar surface area (TPSA) is 70.1 Å². The van der Waals surface area contributed by atoms with Crippen LogP contribution in [0.15, 0.2) is 61.2 Å². The number of rotatable bonds is 6. The van der Waals surface area contributed by atoms with Gasteiger partial charge in [0.2, 0.25) is 14.3 Å². The molecule has 196 valence electrons. The van der Waals surface area contributed by atoms with Crippen molar-refractivity contribution < 1.29 is 23.5 Å². The van der Waals surface area contributed by atoms with Gasteiger partial charge in [-0.1, -0.05) is 55.5 Å². The van der Waals surface area contributed by atoms with Crippen molar-refractivity contribution in [1.82, 2.24) is 4.90 Å². The van der Waals surface area contributed by atoms with E-state index in [0.29, 0.717) is 19.5 Å². The van der Waals surface area contributed by atoms with Gasteiger partial charge in [-0.2, -0.15) is 0 Å². The Labute approximate surface area is 218 Å². The zero-order valence-electron chi connectivity index (χ0n) is 21.7. The van der Waals surface area contributed by atoms with Gasteiger partial charge >= 0.3 is 0 Å². The summed E-state index contributed by atoms with van der Waals surface area (Å²) < 4.78 is 22.6. The Balaban J connectivity index is 1.49. The van der Waals surface area contributed by atoms with Crippen LogP contribution in [0.3, 0.4) is 0 Å². The number of carbonyl (C=O) groups is 2. The van der Waals surface area contributed by atoms with Crippen LogP contribution in [-0.4, -0.2) is 55.5 Å². The molecule has 0 aliphatic carbocycles. The summed E-state index contributed by atoms with van der Waals surface area (Å²) in [5.74, 6) is -0.858. The molecule has 1 spiro atoms. The van der Waals surface area contributed by atoms with Crippen LogP contribution in [-0.2, 0) is 32.9 Å². The standard InChI is InChI=1S/C29H35FN2O4Si/c1-5-14-31-24-13-9-8-12-23(24)29(28(31)35)19(2)27(37(3,4)30)25(36-29)16-26(34)32-17-21-11-7-6-10-20(21)15-22(32)18-33/h5-13,19,22,25,27,33H,1,14-18H2,2-4H3/t19-,22-,25+,27-,29+/m0/s1. The first-order valence-corrected chi connectivity index (χ1v) is 15.9. The molecule has 2 amide bonds. The molecule has 5 rings (SSSR count). The number of ether oxygens (including phenoxy) is 1. The third-order valence-electron chi connectivity index (χ3n) is 8.44. The number of carbonyl (C=O) groups excluding carboxylic acids is 2. The first kappa shape index (κ1) is 25.8. The van der Waals surface area contributed by atoms with Crippen molar-refractivity contribution in [1.29, 1.82) is 0 Å². The van der Waals surface area contributed by atoms with E-state index in [1.54, 1.807) is 29.0 Å². The highest BCUT2D eigenvalue weighted by molar-refractivity contribution is 6.72. The molecule has 5 atom stereocenters. The molecular formula is C29H35FN2O4Si. The number of halogens is 1. The monoisotopic (exact) mass is 522 g/mol. The number of aliphatic hydroxyl groups is 1. The van der Waals surface area contributed by atoms with Gasteiger partial charge in [0.15, 0.2) is 5.60 Å². The van der Waals surface area contributed by atoms with Crippen LogP contribution in [0, 0.1) is 5.92 Å². The molecule has 3 aliphatic rings. The van der Waals surface area contributed by atoms with Crippen molar-refractivity contribution in [3.63, 3.8) is 0 Å². The second-order valence-corrected chi connectivity index (χ2v) is 14.8. The lowest BCUT2D eigenvalue weighted by Gasteiger charge is -2.37. The Morgan fingerprint density at radius 3 is 2.57 bits per heavy atom. The number of hydrogen-bond donors (Lipinski definition) is 1. The molecule has 8 heteroatoms. The van der Waals surface area contributed by atoms with Gasteiger partial charge in [0.1, 0.15) is 0 Å². The molecule has 6 nitrogen and oxygen atoms in total. The first-order chi connectivity index (χ1) is 17.6. The summed E-state index contributed by atoms with van der Waals surface area (Å²) in [6.07, 6.45) is 1.46. The summed E-state index contributed by atoms with van der Waals surface area (Å²) in [4.78, 5) is 31.0. The molecule has 3 aliphatic heterocycles. The number of para-hydroxylation sites is 1. The largest absolute Gasteiger partial charge is 0.394 e. The fourth-order valence-corrected chi connectivity index (χ4v) is 9.34. The van der Waals surface area contributed by atoms with Crippen LogP contribution in [0.5, 0.6) is 0 Å². The highest BCUT2D eigenvalue weighted by Crippen LogP contribution is 2.60. The first-order valence-electron chi connectivity index (χ1n) is 13.0. The summed E-state index contributed by atoms with van der Waals surface area (Å²) in [5, 5.41) is 10.1. The maximum Gasteiger partial charge on any atom is 0.264 e. The van der Waals surface area contributed by atoms with Crippen molar-refractivity contribution in [2.45, 2.75) is 62.7 Å². The van der Waals surface area contributed by atoms with E-state index in [1.807, 2.05) is 55.5 Å². The Hall–Kier alpha value is -2.81. The molecule has 0 bridgehead atoms. The second kappa shape index (κ2) is 9.49. The van der Waals surface area contributed by atoms with E-state index in [4.69, 9.17) is 4.74 Å². The van der Waals surface area contributed by atoms with Gasteiger partial charge in [-0.3, -0.25) is 9.59 Å². The summed E-state index contributed by atoms with van der Waals surface area (Å²) in [6, 6.07) is 15.1. The van der Waals surface area contributed by atoms with Crippen molar-refractivity contribution in [3.8, 4) is 0 Å². The van der Waals surface area contributed by atoms with Crippen molar-refractivity contribution in [2.75, 3.05) is 18.1 Å². The fourth-order valence-electron chi connectivity index (χ4n) is 6.84. The number of anilines is 1. The maximum atomic E-state index is 16.0. The number of amides is 2. The third kappa shape index (κ3) is 4.06. The lowest BCUT2D eigenvalue weighted by molar-refractivity contribution is -0.150. The molecule has 37 heavy (non-hydrogen) atoms.